The van der Waals surface area contributed by atoms with Crippen LogP contribution in [0.4, 0.5) is 0 Å². The number of carbonyl (C=O) groups is 2. The Morgan fingerprint density at radius 2 is 1.68 bits per heavy atom. The van der Waals surface area contributed by atoms with Crippen molar-refractivity contribution in [3.05, 3.63) is 95.8 Å². The van der Waals surface area contributed by atoms with Gasteiger partial charge >= 0.3 is 5.97 Å². The third kappa shape index (κ3) is 7.30. The highest BCUT2D eigenvalue weighted by Crippen LogP contribution is 2.21. The molecule has 1 aromatic heterocycles. The summed E-state index contributed by atoms with van der Waals surface area (Å²) in [6.45, 7) is 4.52. The van der Waals surface area contributed by atoms with E-state index in [0.29, 0.717) is 28.8 Å². The van der Waals surface area contributed by atoms with Crippen LogP contribution < -0.4 is 14.9 Å². The largest absolute Gasteiger partial charge is 0.494 e. The molecule has 0 atom stereocenters. The molecule has 1 amide bonds. The van der Waals surface area contributed by atoms with Gasteiger partial charge in [0.2, 0.25) is 0 Å². The van der Waals surface area contributed by atoms with E-state index in [9.17, 15) is 9.59 Å². The number of esters is 1. The van der Waals surface area contributed by atoms with E-state index in [0.717, 1.165) is 23.5 Å². The standard InChI is InChI=1S/C28H27N5O4S/c1-3-17-36-24-15-11-22(12-16-24)27(35)37-25-13-9-21(10-14-25)18-29-31-26(34)19-38-28-32-30-20(2)33(28)23-7-5-4-6-8-23/h4-16,18H,3,17,19H2,1-2H3,(H,31,34). The summed E-state index contributed by atoms with van der Waals surface area (Å²) >= 11 is 1.27. The molecule has 0 spiro atoms. The zero-order valence-electron chi connectivity index (χ0n) is 21.0. The van der Waals surface area contributed by atoms with Gasteiger partial charge in [-0.25, -0.2) is 10.2 Å². The third-order valence-electron chi connectivity index (χ3n) is 5.20. The van der Waals surface area contributed by atoms with Gasteiger partial charge in [0, 0.05) is 5.69 Å². The molecule has 0 aliphatic carbocycles. The molecule has 0 aliphatic rings. The summed E-state index contributed by atoms with van der Waals surface area (Å²) in [5.41, 5.74) is 4.60. The first kappa shape index (κ1) is 26.6. The number of nitrogens with one attached hydrogen (secondary N) is 1. The van der Waals surface area contributed by atoms with Gasteiger partial charge in [0.1, 0.15) is 17.3 Å². The highest BCUT2D eigenvalue weighted by Gasteiger charge is 2.13. The lowest BCUT2D eigenvalue weighted by Gasteiger charge is -2.07. The molecule has 9 nitrogen and oxygen atoms in total. The van der Waals surface area contributed by atoms with Gasteiger partial charge in [-0.2, -0.15) is 5.10 Å². The number of aryl methyl sites for hydroxylation is 1. The maximum absolute atomic E-state index is 12.4. The normalized spacial score (nSPS) is 10.9. The average Bonchev–Trinajstić information content (AvgIpc) is 3.32. The SMILES string of the molecule is CCCOc1ccc(C(=O)Oc2ccc(C=NNC(=O)CSc3nnc(C)n3-c3ccccc3)cc2)cc1. The van der Waals surface area contributed by atoms with E-state index in [1.54, 1.807) is 48.5 Å². The highest BCUT2D eigenvalue weighted by molar-refractivity contribution is 7.99. The number of para-hydroxylation sites is 1. The molecule has 0 unspecified atom stereocenters. The number of amides is 1. The van der Waals surface area contributed by atoms with Crippen molar-refractivity contribution in [3.63, 3.8) is 0 Å². The van der Waals surface area contributed by atoms with Gasteiger partial charge in [0.25, 0.3) is 5.91 Å². The smallest absolute Gasteiger partial charge is 0.343 e. The minimum atomic E-state index is -0.462. The number of hydrazone groups is 1. The Morgan fingerprint density at radius 3 is 2.39 bits per heavy atom. The minimum absolute atomic E-state index is 0.128. The topological polar surface area (TPSA) is 108 Å². The number of hydrogen-bond acceptors (Lipinski definition) is 8. The summed E-state index contributed by atoms with van der Waals surface area (Å²) < 4.78 is 12.8. The number of benzene rings is 3. The Bertz CT molecular complexity index is 1390. The summed E-state index contributed by atoms with van der Waals surface area (Å²) in [4.78, 5) is 24.7. The number of ether oxygens (including phenoxy) is 2. The van der Waals surface area contributed by atoms with Gasteiger partial charge in [-0.1, -0.05) is 36.9 Å². The predicted molar refractivity (Wildman–Crippen MR) is 146 cm³/mol. The Morgan fingerprint density at radius 1 is 0.974 bits per heavy atom. The zero-order chi connectivity index (χ0) is 26.7. The molecular formula is C28H27N5O4S. The Balaban J connectivity index is 1.25. The summed E-state index contributed by atoms with van der Waals surface area (Å²) in [7, 11) is 0. The molecule has 0 fully saturated rings. The van der Waals surface area contributed by atoms with Crippen molar-refractivity contribution in [1.29, 1.82) is 0 Å². The highest BCUT2D eigenvalue weighted by atomic mass is 32.2. The number of aromatic nitrogens is 3. The monoisotopic (exact) mass is 529 g/mol. The summed E-state index contributed by atoms with van der Waals surface area (Å²) in [5, 5.41) is 12.9. The van der Waals surface area contributed by atoms with Gasteiger partial charge < -0.3 is 9.47 Å². The summed E-state index contributed by atoms with van der Waals surface area (Å²) in [6, 6.07) is 23.3. The van der Waals surface area contributed by atoms with Crippen LogP contribution in [0.2, 0.25) is 0 Å². The molecule has 10 heteroatoms. The lowest BCUT2D eigenvalue weighted by atomic mass is 10.2. The third-order valence-corrected chi connectivity index (χ3v) is 6.13. The van der Waals surface area contributed by atoms with Crippen LogP contribution in [-0.2, 0) is 4.79 Å². The fraction of sp³-hybridized carbons (Fsp3) is 0.179. The molecule has 38 heavy (non-hydrogen) atoms. The fourth-order valence-corrected chi connectivity index (χ4v) is 4.14. The first-order chi connectivity index (χ1) is 18.5. The van der Waals surface area contributed by atoms with E-state index in [1.807, 2.05) is 48.7 Å². The van der Waals surface area contributed by atoms with Crippen molar-refractivity contribution in [2.24, 2.45) is 5.10 Å². The van der Waals surface area contributed by atoms with Crippen molar-refractivity contribution in [2.45, 2.75) is 25.4 Å². The predicted octanol–water partition coefficient (Wildman–Crippen LogP) is 4.83. The molecule has 0 radical (unpaired) electrons. The first-order valence-corrected chi connectivity index (χ1v) is 13.0. The van der Waals surface area contributed by atoms with Crippen LogP contribution in [0, 0.1) is 6.92 Å². The molecule has 4 aromatic rings. The molecule has 0 bridgehead atoms. The maximum Gasteiger partial charge on any atom is 0.343 e. The number of nitrogens with zero attached hydrogens (tertiary/aromatic N) is 4. The number of hydrogen-bond donors (Lipinski definition) is 1. The second-order valence-electron chi connectivity index (χ2n) is 8.11. The quantitative estimate of drug-likeness (QED) is 0.0975. The molecule has 1 N–H and O–H groups in total. The Labute approximate surface area is 224 Å². The zero-order valence-corrected chi connectivity index (χ0v) is 21.9. The van der Waals surface area contributed by atoms with Crippen LogP contribution in [0.25, 0.3) is 5.69 Å². The van der Waals surface area contributed by atoms with Crippen molar-refractivity contribution in [2.75, 3.05) is 12.4 Å². The van der Waals surface area contributed by atoms with Crippen molar-refractivity contribution >= 4 is 29.9 Å². The molecule has 1 heterocycles. The second-order valence-corrected chi connectivity index (χ2v) is 9.06. The molecule has 0 saturated carbocycles. The van der Waals surface area contributed by atoms with E-state index < -0.39 is 5.97 Å². The Kier molecular flexibility index (Phi) is 9.25. The molecule has 0 aliphatic heterocycles. The van der Waals surface area contributed by atoms with Gasteiger partial charge in [-0.05, 0) is 79.6 Å². The molecular weight excluding hydrogens is 502 g/mol. The first-order valence-electron chi connectivity index (χ1n) is 12.0. The number of thioether (sulfide) groups is 1. The van der Waals surface area contributed by atoms with E-state index in [4.69, 9.17) is 9.47 Å². The van der Waals surface area contributed by atoms with Crippen LogP contribution in [0.5, 0.6) is 11.5 Å². The van der Waals surface area contributed by atoms with Crippen LogP contribution in [0.1, 0.15) is 35.1 Å². The lowest BCUT2D eigenvalue weighted by Crippen LogP contribution is -2.20. The van der Waals surface area contributed by atoms with E-state index in [-0.39, 0.29) is 11.7 Å². The van der Waals surface area contributed by atoms with Gasteiger partial charge in [-0.3, -0.25) is 9.36 Å². The Hall–Kier alpha value is -4.44. The molecule has 4 rings (SSSR count). The van der Waals surface area contributed by atoms with Crippen molar-refractivity contribution < 1.29 is 19.1 Å². The van der Waals surface area contributed by atoms with E-state index >= 15 is 0 Å². The number of rotatable bonds is 11. The molecule has 3 aromatic carbocycles. The van der Waals surface area contributed by atoms with E-state index in [2.05, 4.69) is 20.7 Å². The van der Waals surface area contributed by atoms with E-state index in [1.165, 1.54) is 18.0 Å². The van der Waals surface area contributed by atoms with Crippen LogP contribution in [0.3, 0.4) is 0 Å². The van der Waals surface area contributed by atoms with Crippen LogP contribution in [-0.4, -0.2) is 45.2 Å². The van der Waals surface area contributed by atoms with Crippen molar-refractivity contribution in [1.82, 2.24) is 20.2 Å². The molecule has 194 valence electrons. The second kappa shape index (κ2) is 13.2. The summed E-state index contributed by atoms with van der Waals surface area (Å²) in [5.74, 6) is 1.24. The lowest BCUT2D eigenvalue weighted by molar-refractivity contribution is -0.118. The van der Waals surface area contributed by atoms with Gasteiger partial charge in [-0.15, -0.1) is 10.2 Å². The van der Waals surface area contributed by atoms with Crippen LogP contribution in [0.15, 0.2) is 89.1 Å². The van der Waals surface area contributed by atoms with Gasteiger partial charge in [0.05, 0.1) is 24.1 Å². The fourth-order valence-electron chi connectivity index (χ4n) is 3.35. The van der Waals surface area contributed by atoms with Crippen molar-refractivity contribution in [3.8, 4) is 17.2 Å². The average molecular weight is 530 g/mol. The maximum atomic E-state index is 12.4. The molecule has 0 saturated heterocycles. The minimum Gasteiger partial charge on any atom is -0.494 e. The van der Waals surface area contributed by atoms with Crippen LogP contribution >= 0.6 is 11.8 Å². The number of carbonyl (C=O) groups excluding carboxylic acids is 2. The van der Waals surface area contributed by atoms with Gasteiger partial charge in [0.15, 0.2) is 5.16 Å². The summed E-state index contributed by atoms with van der Waals surface area (Å²) in [6.07, 6.45) is 2.43.